The zero-order chi connectivity index (χ0) is 13.5. The average Bonchev–Trinajstić information content (AvgIpc) is 3.01. The van der Waals surface area contributed by atoms with Crippen LogP contribution in [0.15, 0.2) is 22.7 Å². The highest BCUT2D eigenvalue weighted by Gasteiger charge is 2.32. The average molecular weight is 271 g/mol. The number of benzene rings is 1. The minimum Gasteiger partial charge on any atom is -0.493 e. The van der Waals surface area contributed by atoms with E-state index >= 15 is 0 Å². The number of hydrogen-bond acceptors (Lipinski definition) is 5. The monoisotopic (exact) mass is 271 g/mol. The van der Waals surface area contributed by atoms with Crippen LogP contribution in [0.1, 0.15) is 28.8 Å². The van der Waals surface area contributed by atoms with Gasteiger partial charge < -0.3 is 9.26 Å². The molecule has 5 heteroatoms. The van der Waals surface area contributed by atoms with Crippen molar-refractivity contribution in [1.29, 1.82) is 0 Å². The van der Waals surface area contributed by atoms with E-state index in [1.54, 1.807) is 0 Å². The number of aryl methyl sites for hydroxylation is 1. The Balaban J connectivity index is 1.37. The Hall–Kier alpha value is -1.88. The molecule has 20 heavy (non-hydrogen) atoms. The maximum atomic E-state index is 5.53. The molecule has 1 saturated heterocycles. The summed E-state index contributed by atoms with van der Waals surface area (Å²) in [4.78, 5) is 6.70. The molecule has 0 N–H and O–H groups in total. The van der Waals surface area contributed by atoms with Crippen LogP contribution in [0.25, 0.3) is 0 Å². The lowest BCUT2D eigenvalue weighted by atomic mass is 9.98. The van der Waals surface area contributed by atoms with Crippen LogP contribution in [-0.4, -0.2) is 34.7 Å². The predicted octanol–water partition coefficient (Wildman–Crippen LogP) is 1.91. The second kappa shape index (κ2) is 4.59. The van der Waals surface area contributed by atoms with E-state index < -0.39 is 0 Å². The Labute approximate surface area is 117 Å². The van der Waals surface area contributed by atoms with Crippen molar-refractivity contribution in [2.75, 3.05) is 19.7 Å². The van der Waals surface area contributed by atoms with Gasteiger partial charge in [0, 0.05) is 26.1 Å². The fraction of sp³-hybridized carbons (Fsp3) is 0.467. The maximum Gasteiger partial charge on any atom is 0.232 e. The fourth-order valence-corrected chi connectivity index (χ4v) is 2.93. The summed E-state index contributed by atoms with van der Waals surface area (Å²) in [5, 5.41) is 3.85. The van der Waals surface area contributed by atoms with E-state index in [1.807, 2.05) is 6.92 Å². The molecule has 0 saturated carbocycles. The van der Waals surface area contributed by atoms with Crippen LogP contribution >= 0.6 is 0 Å². The Morgan fingerprint density at radius 3 is 3.05 bits per heavy atom. The smallest absolute Gasteiger partial charge is 0.232 e. The molecule has 3 heterocycles. The number of hydrogen-bond donors (Lipinski definition) is 0. The molecule has 2 aliphatic rings. The molecule has 2 aromatic rings. The molecule has 5 nitrogen and oxygen atoms in total. The number of nitrogens with zero attached hydrogens (tertiary/aromatic N) is 3. The van der Waals surface area contributed by atoms with E-state index in [4.69, 9.17) is 9.26 Å². The molecule has 0 unspecified atom stereocenters. The first-order chi connectivity index (χ1) is 9.78. The lowest BCUT2D eigenvalue weighted by Gasteiger charge is -2.37. The number of rotatable bonds is 3. The summed E-state index contributed by atoms with van der Waals surface area (Å²) in [5.41, 5.74) is 2.70. The second-order valence-corrected chi connectivity index (χ2v) is 5.61. The van der Waals surface area contributed by atoms with Crippen LogP contribution in [0.2, 0.25) is 0 Å². The first-order valence-electron chi connectivity index (χ1n) is 7.05. The van der Waals surface area contributed by atoms with E-state index in [1.165, 1.54) is 11.1 Å². The highest BCUT2D eigenvalue weighted by atomic mass is 16.5. The van der Waals surface area contributed by atoms with Gasteiger partial charge in [0.25, 0.3) is 0 Å². The third-order valence-corrected chi connectivity index (χ3v) is 4.01. The van der Waals surface area contributed by atoms with Crippen molar-refractivity contribution >= 4 is 0 Å². The van der Waals surface area contributed by atoms with Crippen molar-refractivity contribution in [2.45, 2.75) is 25.8 Å². The Kier molecular flexibility index (Phi) is 2.73. The van der Waals surface area contributed by atoms with Gasteiger partial charge in [0.1, 0.15) is 5.75 Å². The van der Waals surface area contributed by atoms with Gasteiger partial charge in [0.15, 0.2) is 5.82 Å². The molecule has 4 rings (SSSR count). The third-order valence-electron chi connectivity index (χ3n) is 4.01. The van der Waals surface area contributed by atoms with E-state index in [2.05, 4.69) is 33.2 Å². The topological polar surface area (TPSA) is 51.4 Å². The molecule has 0 amide bonds. The summed E-state index contributed by atoms with van der Waals surface area (Å²) in [6.07, 6.45) is 1.03. The highest BCUT2D eigenvalue weighted by molar-refractivity contribution is 5.39. The zero-order valence-electron chi connectivity index (χ0n) is 11.5. The molecular weight excluding hydrogens is 254 g/mol. The van der Waals surface area contributed by atoms with E-state index in [0.29, 0.717) is 5.92 Å². The van der Waals surface area contributed by atoms with Gasteiger partial charge >= 0.3 is 0 Å². The van der Waals surface area contributed by atoms with Gasteiger partial charge in [-0.3, -0.25) is 4.90 Å². The highest BCUT2D eigenvalue weighted by Crippen LogP contribution is 2.30. The SMILES string of the molecule is Cc1noc(C2CN(Cc3ccc4c(c3)CCO4)C2)n1. The summed E-state index contributed by atoms with van der Waals surface area (Å²) in [7, 11) is 0. The number of fused-ring (bicyclic) bond motifs is 1. The molecule has 0 aliphatic carbocycles. The summed E-state index contributed by atoms with van der Waals surface area (Å²) in [5.74, 6) is 2.95. The van der Waals surface area contributed by atoms with Crippen molar-refractivity contribution in [3.63, 3.8) is 0 Å². The first-order valence-corrected chi connectivity index (χ1v) is 7.05. The second-order valence-electron chi connectivity index (χ2n) is 5.61. The maximum absolute atomic E-state index is 5.53. The largest absolute Gasteiger partial charge is 0.493 e. The van der Waals surface area contributed by atoms with Gasteiger partial charge in [-0.15, -0.1) is 0 Å². The summed E-state index contributed by atoms with van der Waals surface area (Å²) >= 11 is 0. The minimum atomic E-state index is 0.397. The molecule has 0 spiro atoms. The standard InChI is InChI=1S/C15H17N3O2/c1-10-16-15(20-17-10)13-8-18(9-13)7-11-2-3-14-12(6-11)4-5-19-14/h2-3,6,13H,4-5,7-9H2,1H3. The van der Waals surface area contributed by atoms with Gasteiger partial charge in [0.2, 0.25) is 5.89 Å². The molecule has 0 atom stereocenters. The molecule has 1 aromatic carbocycles. The van der Waals surface area contributed by atoms with Crippen molar-refractivity contribution in [2.24, 2.45) is 0 Å². The number of likely N-dealkylation sites (tertiary alicyclic amines) is 1. The first kappa shape index (κ1) is 11.9. The third kappa shape index (κ3) is 2.08. The van der Waals surface area contributed by atoms with Crippen molar-refractivity contribution in [1.82, 2.24) is 15.0 Å². The molecule has 0 bridgehead atoms. The van der Waals surface area contributed by atoms with E-state index in [0.717, 1.165) is 50.1 Å². The zero-order valence-corrected chi connectivity index (χ0v) is 11.5. The van der Waals surface area contributed by atoms with Crippen molar-refractivity contribution < 1.29 is 9.26 Å². The Morgan fingerprint density at radius 2 is 2.25 bits per heavy atom. The summed E-state index contributed by atoms with van der Waals surface area (Å²) in [6.45, 7) is 5.65. The molecule has 2 aliphatic heterocycles. The van der Waals surface area contributed by atoms with Crippen molar-refractivity contribution in [3.05, 3.63) is 41.0 Å². The van der Waals surface area contributed by atoms with Crippen molar-refractivity contribution in [3.8, 4) is 5.75 Å². The van der Waals surface area contributed by atoms with Crippen LogP contribution in [-0.2, 0) is 13.0 Å². The molecule has 1 aromatic heterocycles. The minimum absolute atomic E-state index is 0.397. The molecule has 104 valence electrons. The lowest BCUT2D eigenvalue weighted by molar-refractivity contribution is 0.117. The van der Waals surface area contributed by atoms with Gasteiger partial charge in [-0.1, -0.05) is 17.3 Å². The van der Waals surface area contributed by atoms with Crippen LogP contribution in [0.4, 0.5) is 0 Å². The van der Waals surface area contributed by atoms with Crippen LogP contribution in [0.5, 0.6) is 5.75 Å². The number of ether oxygens (including phenoxy) is 1. The van der Waals surface area contributed by atoms with Gasteiger partial charge in [-0.05, 0) is 24.1 Å². The van der Waals surface area contributed by atoms with E-state index in [9.17, 15) is 0 Å². The van der Waals surface area contributed by atoms with Crippen LogP contribution in [0.3, 0.4) is 0 Å². The quantitative estimate of drug-likeness (QED) is 0.853. The van der Waals surface area contributed by atoms with E-state index in [-0.39, 0.29) is 0 Å². The lowest BCUT2D eigenvalue weighted by Crippen LogP contribution is -2.44. The molecular formula is C15H17N3O2. The van der Waals surface area contributed by atoms with Gasteiger partial charge in [-0.25, -0.2) is 0 Å². The predicted molar refractivity (Wildman–Crippen MR) is 72.7 cm³/mol. The normalized spacial score (nSPS) is 18.6. The fourth-order valence-electron chi connectivity index (χ4n) is 2.93. The molecule has 1 fully saturated rings. The Bertz CT molecular complexity index is 632. The van der Waals surface area contributed by atoms with Gasteiger partial charge in [-0.2, -0.15) is 4.98 Å². The molecule has 0 radical (unpaired) electrons. The Morgan fingerprint density at radius 1 is 1.35 bits per heavy atom. The van der Waals surface area contributed by atoms with Crippen LogP contribution in [0, 0.1) is 6.92 Å². The summed E-state index contributed by atoms with van der Waals surface area (Å²) in [6, 6.07) is 6.52. The summed E-state index contributed by atoms with van der Waals surface area (Å²) < 4.78 is 10.8. The number of aromatic nitrogens is 2. The van der Waals surface area contributed by atoms with Gasteiger partial charge in [0.05, 0.1) is 12.5 Å². The van der Waals surface area contributed by atoms with Crippen LogP contribution < -0.4 is 4.74 Å².